The van der Waals surface area contributed by atoms with Crippen molar-refractivity contribution in [3.8, 4) is 0 Å². The summed E-state index contributed by atoms with van der Waals surface area (Å²) in [4.78, 5) is 11.9. The molecular weight excluding hydrogens is 279 g/mol. The number of ether oxygens (including phenoxy) is 1. The minimum absolute atomic E-state index is 0.297. The largest absolute Gasteiger partial charge is 0.462 e. The lowest BCUT2D eigenvalue weighted by atomic mass is 10.2. The van der Waals surface area contributed by atoms with Gasteiger partial charge in [-0.05, 0) is 50.0 Å². The lowest BCUT2D eigenvalue weighted by molar-refractivity contribution is 0.0527. The molecule has 0 aliphatic carbocycles. The van der Waals surface area contributed by atoms with Gasteiger partial charge in [0.25, 0.3) is 0 Å². The maximum Gasteiger partial charge on any atom is 0.343 e. The second-order valence-electron chi connectivity index (χ2n) is 4.28. The molecule has 2 aromatic rings. The number of halogens is 1. The van der Waals surface area contributed by atoms with Crippen molar-refractivity contribution in [2.24, 2.45) is 0 Å². The van der Waals surface area contributed by atoms with Gasteiger partial charge in [-0.3, -0.25) is 0 Å². The van der Waals surface area contributed by atoms with Crippen LogP contribution in [0.2, 0.25) is 0 Å². The van der Waals surface area contributed by atoms with E-state index in [1.54, 1.807) is 32.9 Å². The van der Waals surface area contributed by atoms with Crippen molar-refractivity contribution in [2.75, 3.05) is 11.9 Å². The molecule has 0 radical (unpaired) electrons. The molecule has 0 aliphatic heterocycles. The first kappa shape index (κ1) is 14.5. The number of carbonyl (C=O) groups excluding carboxylic acids is 1. The number of aryl methyl sites for hydroxylation is 2. The molecule has 20 heavy (non-hydrogen) atoms. The number of aromatic nitrogens is 1. The van der Waals surface area contributed by atoms with E-state index in [1.165, 1.54) is 6.07 Å². The number of hydrogen-bond acceptors (Lipinski definition) is 5. The van der Waals surface area contributed by atoms with Crippen molar-refractivity contribution < 1.29 is 13.9 Å². The lowest BCUT2D eigenvalue weighted by Gasteiger charge is -2.07. The molecule has 0 saturated heterocycles. The SMILES string of the molecule is CCOC(=O)c1c(C)nsc1Nc1ccc(C)c(F)c1. The summed E-state index contributed by atoms with van der Waals surface area (Å²) in [6, 6.07) is 4.82. The topological polar surface area (TPSA) is 51.2 Å². The minimum atomic E-state index is -0.422. The third kappa shape index (κ3) is 2.96. The first-order chi connectivity index (χ1) is 9.52. The van der Waals surface area contributed by atoms with Crippen LogP contribution in [0, 0.1) is 19.7 Å². The molecule has 0 bridgehead atoms. The van der Waals surface area contributed by atoms with Gasteiger partial charge in [-0.15, -0.1) is 0 Å². The summed E-state index contributed by atoms with van der Waals surface area (Å²) >= 11 is 1.15. The zero-order chi connectivity index (χ0) is 14.7. The molecule has 0 spiro atoms. The minimum Gasteiger partial charge on any atom is -0.462 e. The van der Waals surface area contributed by atoms with Crippen molar-refractivity contribution in [2.45, 2.75) is 20.8 Å². The fourth-order valence-corrected chi connectivity index (χ4v) is 2.51. The molecule has 1 heterocycles. The molecule has 0 unspecified atom stereocenters. The smallest absolute Gasteiger partial charge is 0.343 e. The van der Waals surface area contributed by atoms with Gasteiger partial charge >= 0.3 is 5.97 Å². The van der Waals surface area contributed by atoms with Crippen LogP contribution in [0.25, 0.3) is 0 Å². The van der Waals surface area contributed by atoms with Crippen molar-refractivity contribution in [3.05, 3.63) is 40.8 Å². The van der Waals surface area contributed by atoms with E-state index in [4.69, 9.17) is 4.74 Å². The summed E-state index contributed by atoms with van der Waals surface area (Å²) in [5.74, 6) is -0.720. The number of rotatable bonds is 4. The molecule has 106 valence electrons. The Hall–Kier alpha value is -1.95. The van der Waals surface area contributed by atoms with Gasteiger partial charge < -0.3 is 10.1 Å². The first-order valence-corrected chi connectivity index (χ1v) is 6.96. The van der Waals surface area contributed by atoms with Crippen molar-refractivity contribution in [1.29, 1.82) is 0 Å². The van der Waals surface area contributed by atoms with Crippen LogP contribution in [0.4, 0.5) is 15.1 Å². The van der Waals surface area contributed by atoms with Gasteiger partial charge in [0.05, 0.1) is 12.3 Å². The Balaban J connectivity index is 2.29. The van der Waals surface area contributed by atoms with Crippen LogP contribution < -0.4 is 5.32 Å². The third-order valence-electron chi connectivity index (χ3n) is 2.77. The second-order valence-corrected chi connectivity index (χ2v) is 5.05. The Labute approximate surface area is 120 Å². The first-order valence-electron chi connectivity index (χ1n) is 6.19. The van der Waals surface area contributed by atoms with E-state index >= 15 is 0 Å². The van der Waals surface area contributed by atoms with E-state index in [9.17, 15) is 9.18 Å². The van der Waals surface area contributed by atoms with E-state index in [0.717, 1.165) is 11.5 Å². The molecule has 2 rings (SSSR count). The molecule has 0 aliphatic rings. The number of nitrogens with one attached hydrogen (secondary N) is 1. The zero-order valence-electron chi connectivity index (χ0n) is 11.5. The zero-order valence-corrected chi connectivity index (χ0v) is 12.3. The molecule has 6 heteroatoms. The Morgan fingerprint density at radius 3 is 2.85 bits per heavy atom. The normalized spacial score (nSPS) is 10.4. The highest BCUT2D eigenvalue weighted by Crippen LogP contribution is 2.29. The van der Waals surface area contributed by atoms with Crippen LogP contribution in [0.15, 0.2) is 18.2 Å². The fraction of sp³-hybridized carbons (Fsp3) is 0.286. The van der Waals surface area contributed by atoms with Gasteiger partial charge in [0.2, 0.25) is 0 Å². The van der Waals surface area contributed by atoms with E-state index in [2.05, 4.69) is 9.69 Å². The Bertz CT molecular complexity index is 640. The average Bonchev–Trinajstić information content (AvgIpc) is 2.75. The van der Waals surface area contributed by atoms with Crippen LogP contribution in [-0.2, 0) is 4.74 Å². The van der Waals surface area contributed by atoms with Gasteiger partial charge in [0.1, 0.15) is 16.4 Å². The monoisotopic (exact) mass is 294 g/mol. The maximum absolute atomic E-state index is 13.5. The predicted octanol–water partition coefficient (Wildman–Crippen LogP) is 3.82. The molecular formula is C14H15FN2O2S. The van der Waals surface area contributed by atoms with E-state index in [0.29, 0.717) is 34.1 Å². The molecule has 1 aromatic carbocycles. The average molecular weight is 294 g/mol. The number of carbonyl (C=O) groups is 1. The van der Waals surface area contributed by atoms with Gasteiger partial charge in [0.15, 0.2) is 0 Å². The Morgan fingerprint density at radius 2 is 2.20 bits per heavy atom. The number of benzene rings is 1. The summed E-state index contributed by atoms with van der Waals surface area (Å²) in [5.41, 5.74) is 2.14. The summed E-state index contributed by atoms with van der Waals surface area (Å²) in [6.07, 6.45) is 0. The van der Waals surface area contributed by atoms with E-state index in [1.807, 2.05) is 0 Å². The van der Waals surface area contributed by atoms with E-state index in [-0.39, 0.29) is 5.82 Å². The number of esters is 1. The second kappa shape index (κ2) is 6.00. The quantitative estimate of drug-likeness (QED) is 0.871. The molecule has 0 saturated carbocycles. The highest BCUT2D eigenvalue weighted by molar-refractivity contribution is 7.10. The fourth-order valence-electron chi connectivity index (χ4n) is 1.70. The summed E-state index contributed by atoms with van der Waals surface area (Å²) in [6.45, 7) is 5.48. The van der Waals surface area contributed by atoms with Crippen molar-refractivity contribution in [3.63, 3.8) is 0 Å². The van der Waals surface area contributed by atoms with Gasteiger partial charge in [-0.2, -0.15) is 4.37 Å². The Morgan fingerprint density at radius 1 is 1.45 bits per heavy atom. The third-order valence-corrected chi connectivity index (χ3v) is 3.63. The molecule has 0 atom stereocenters. The molecule has 0 amide bonds. The molecule has 4 nitrogen and oxygen atoms in total. The van der Waals surface area contributed by atoms with Crippen LogP contribution in [0.3, 0.4) is 0 Å². The number of nitrogens with zero attached hydrogens (tertiary/aromatic N) is 1. The van der Waals surface area contributed by atoms with Gasteiger partial charge in [-0.1, -0.05) is 6.07 Å². The van der Waals surface area contributed by atoms with Crippen molar-refractivity contribution >= 4 is 28.2 Å². The summed E-state index contributed by atoms with van der Waals surface area (Å²) < 4.78 is 22.7. The van der Waals surface area contributed by atoms with Crippen LogP contribution in [-0.4, -0.2) is 16.9 Å². The standard InChI is InChI=1S/C14H15FN2O2S/c1-4-19-14(18)12-9(3)17-20-13(12)16-10-6-5-8(2)11(15)7-10/h5-7,16H,4H2,1-3H3. The summed E-state index contributed by atoms with van der Waals surface area (Å²) in [7, 11) is 0. The van der Waals surface area contributed by atoms with Gasteiger partial charge in [-0.25, -0.2) is 9.18 Å². The highest BCUT2D eigenvalue weighted by Gasteiger charge is 2.19. The van der Waals surface area contributed by atoms with Crippen LogP contribution >= 0.6 is 11.5 Å². The van der Waals surface area contributed by atoms with Gasteiger partial charge in [0, 0.05) is 5.69 Å². The lowest BCUT2D eigenvalue weighted by Crippen LogP contribution is -2.07. The Kier molecular flexibility index (Phi) is 4.34. The maximum atomic E-state index is 13.5. The predicted molar refractivity (Wildman–Crippen MR) is 77.2 cm³/mol. The molecule has 1 aromatic heterocycles. The number of anilines is 2. The molecule has 0 fully saturated rings. The van der Waals surface area contributed by atoms with Crippen LogP contribution in [0.5, 0.6) is 0 Å². The molecule has 1 N–H and O–H groups in total. The summed E-state index contributed by atoms with van der Waals surface area (Å²) in [5, 5.41) is 3.58. The van der Waals surface area contributed by atoms with Crippen LogP contribution in [0.1, 0.15) is 28.5 Å². The highest BCUT2D eigenvalue weighted by atomic mass is 32.1. The van der Waals surface area contributed by atoms with Crippen molar-refractivity contribution in [1.82, 2.24) is 4.37 Å². The van der Waals surface area contributed by atoms with E-state index < -0.39 is 5.97 Å². The number of hydrogen-bond donors (Lipinski definition) is 1.